The van der Waals surface area contributed by atoms with Crippen LogP contribution in [-0.2, 0) is 4.74 Å². The second kappa shape index (κ2) is 7.75. The van der Waals surface area contributed by atoms with Crippen molar-refractivity contribution in [1.82, 2.24) is 9.88 Å². The summed E-state index contributed by atoms with van der Waals surface area (Å²) in [4.78, 5) is 18.8. The normalized spacial score (nSPS) is 10.9. The highest BCUT2D eigenvalue weighted by molar-refractivity contribution is 6.03. The molecule has 0 bridgehead atoms. The molecule has 0 aliphatic carbocycles. The second-order valence-corrected chi connectivity index (χ2v) is 4.90. The van der Waals surface area contributed by atoms with Crippen molar-refractivity contribution in [3.63, 3.8) is 0 Å². The Hall–Kier alpha value is -2.14. The Morgan fingerprint density at radius 1 is 1.23 bits per heavy atom. The van der Waals surface area contributed by atoms with Crippen LogP contribution in [0.1, 0.15) is 24.2 Å². The van der Waals surface area contributed by atoms with Gasteiger partial charge >= 0.3 is 5.97 Å². The fourth-order valence-corrected chi connectivity index (χ4v) is 2.32. The summed E-state index contributed by atoms with van der Waals surface area (Å²) in [5, 5.41) is 0.745. The van der Waals surface area contributed by atoms with E-state index in [1.165, 1.54) is 0 Å². The summed E-state index contributed by atoms with van der Waals surface area (Å²) >= 11 is 0. The molecule has 2 rings (SSSR count). The molecule has 1 aromatic carbocycles. The van der Waals surface area contributed by atoms with E-state index in [9.17, 15) is 4.79 Å². The molecule has 0 radical (unpaired) electrons. The van der Waals surface area contributed by atoms with E-state index in [0.29, 0.717) is 17.9 Å². The Morgan fingerprint density at radius 3 is 2.68 bits per heavy atom. The Balaban J connectivity index is 2.14. The van der Waals surface area contributed by atoms with Gasteiger partial charge in [-0.2, -0.15) is 0 Å². The van der Waals surface area contributed by atoms with Crippen LogP contribution in [0.15, 0.2) is 30.5 Å². The van der Waals surface area contributed by atoms with Crippen molar-refractivity contribution < 1.29 is 14.3 Å². The van der Waals surface area contributed by atoms with Crippen LogP contribution in [0.2, 0.25) is 0 Å². The molecule has 5 heteroatoms. The van der Waals surface area contributed by atoms with Crippen LogP contribution in [0.5, 0.6) is 5.75 Å². The first kappa shape index (κ1) is 16.2. The smallest absolute Gasteiger partial charge is 0.338 e. The number of fused-ring (bicyclic) bond motifs is 1. The summed E-state index contributed by atoms with van der Waals surface area (Å²) in [5.74, 6) is 0.366. The summed E-state index contributed by atoms with van der Waals surface area (Å²) in [7, 11) is 1.60. The molecule has 1 aromatic heterocycles. The average molecular weight is 302 g/mol. The highest BCUT2D eigenvalue weighted by Gasteiger charge is 2.13. The lowest BCUT2D eigenvalue weighted by Gasteiger charge is -2.17. The molecule has 2 aromatic rings. The van der Waals surface area contributed by atoms with Crippen LogP contribution in [0.3, 0.4) is 0 Å². The van der Waals surface area contributed by atoms with Gasteiger partial charge in [0.1, 0.15) is 12.4 Å². The zero-order valence-corrected chi connectivity index (χ0v) is 13.3. The van der Waals surface area contributed by atoms with E-state index in [2.05, 4.69) is 23.7 Å². The molecule has 0 aliphatic rings. The molecule has 0 unspecified atom stereocenters. The number of ether oxygens (including phenoxy) is 2. The average Bonchev–Trinajstić information content (AvgIpc) is 2.57. The number of rotatable bonds is 7. The lowest BCUT2D eigenvalue weighted by atomic mass is 10.1. The third-order valence-electron chi connectivity index (χ3n) is 3.70. The Morgan fingerprint density at radius 2 is 2.00 bits per heavy atom. The molecular formula is C17H22N2O3. The van der Waals surface area contributed by atoms with Gasteiger partial charge in [-0.05, 0) is 37.4 Å². The van der Waals surface area contributed by atoms with Crippen molar-refractivity contribution >= 4 is 16.9 Å². The number of carbonyl (C=O) groups excluding carboxylic acids is 1. The van der Waals surface area contributed by atoms with Crippen LogP contribution in [0.25, 0.3) is 10.9 Å². The maximum absolute atomic E-state index is 12.3. The van der Waals surface area contributed by atoms with Crippen LogP contribution in [-0.4, -0.2) is 49.2 Å². The number of hydrogen-bond acceptors (Lipinski definition) is 5. The minimum Gasteiger partial charge on any atom is -0.497 e. The molecule has 0 spiro atoms. The number of methoxy groups -OCH3 is 1. The molecule has 0 N–H and O–H groups in total. The predicted molar refractivity (Wildman–Crippen MR) is 86.4 cm³/mol. The van der Waals surface area contributed by atoms with E-state index in [-0.39, 0.29) is 5.97 Å². The van der Waals surface area contributed by atoms with Crippen molar-refractivity contribution in [2.24, 2.45) is 0 Å². The van der Waals surface area contributed by atoms with Crippen molar-refractivity contribution in [3.8, 4) is 5.75 Å². The molecule has 0 saturated heterocycles. The van der Waals surface area contributed by atoms with E-state index in [0.717, 1.165) is 30.5 Å². The Bertz CT molecular complexity index is 639. The van der Waals surface area contributed by atoms with Crippen LogP contribution in [0.4, 0.5) is 0 Å². The Labute approximate surface area is 130 Å². The van der Waals surface area contributed by atoms with E-state index < -0.39 is 0 Å². The van der Waals surface area contributed by atoms with Gasteiger partial charge < -0.3 is 14.4 Å². The lowest BCUT2D eigenvalue weighted by molar-refractivity contribution is 0.0468. The number of hydrogen-bond donors (Lipinski definition) is 0. The third kappa shape index (κ3) is 3.74. The van der Waals surface area contributed by atoms with Gasteiger partial charge in [-0.25, -0.2) is 4.79 Å². The molecule has 0 saturated carbocycles. The van der Waals surface area contributed by atoms with Gasteiger partial charge in [0.2, 0.25) is 0 Å². The summed E-state index contributed by atoms with van der Waals surface area (Å²) in [5.41, 5.74) is 1.27. The summed E-state index contributed by atoms with van der Waals surface area (Å²) in [6.07, 6.45) is 1.62. The lowest BCUT2D eigenvalue weighted by Crippen LogP contribution is -2.27. The molecule has 0 atom stereocenters. The first-order chi connectivity index (χ1) is 10.7. The standard InChI is InChI=1S/C17H22N2O3/c1-4-19(5-2)10-11-22-17(20)14-8-9-18-16-7-6-13(21-3)12-15(14)16/h6-9,12H,4-5,10-11H2,1-3H3. The molecule has 5 nitrogen and oxygen atoms in total. The summed E-state index contributed by atoms with van der Waals surface area (Å²) in [6.45, 7) is 7.20. The van der Waals surface area contributed by atoms with E-state index in [1.807, 2.05) is 18.2 Å². The van der Waals surface area contributed by atoms with Gasteiger partial charge in [0.25, 0.3) is 0 Å². The van der Waals surface area contributed by atoms with Gasteiger partial charge in [0.15, 0.2) is 0 Å². The molecule has 22 heavy (non-hydrogen) atoms. The zero-order chi connectivity index (χ0) is 15.9. The van der Waals surface area contributed by atoms with Crippen molar-refractivity contribution in [2.75, 3.05) is 33.4 Å². The molecule has 0 amide bonds. The van der Waals surface area contributed by atoms with Crippen LogP contribution in [0, 0.1) is 0 Å². The quantitative estimate of drug-likeness (QED) is 0.736. The number of benzene rings is 1. The van der Waals surface area contributed by atoms with Crippen LogP contribution < -0.4 is 4.74 Å². The van der Waals surface area contributed by atoms with E-state index in [4.69, 9.17) is 9.47 Å². The first-order valence-electron chi connectivity index (χ1n) is 7.51. The largest absolute Gasteiger partial charge is 0.497 e. The van der Waals surface area contributed by atoms with Gasteiger partial charge in [-0.3, -0.25) is 4.98 Å². The topological polar surface area (TPSA) is 51.7 Å². The zero-order valence-electron chi connectivity index (χ0n) is 13.3. The third-order valence-corrected chi connectivity index (χ3v) is 3.70. The van der Waals surface area contributed by atoms with Gasteiger partial charge in [-0.15, -0.1) is 0 Å². The molecule has 1 heterocycles. The highest BCUT2D eigenvalue weighted by Crippen LogP contribution is 2.23. The number of esters is 1. The molecule has 0 aliphatic heterocycles. The minimum atomic E-state index is -0.326. The fraction of sp³-hybridized carbons (Fsp3) is 0.412. The van der Waals surface area contributed by atoms with Crippen molar-refractivity contribution in [3.05, 3.63) is 36.0 Å². The van der Waals surface area contributed by atoms with Gasteiger partial charge in [0, 0.05) is 18.1 Å². The number of carbonyl (C=O) groups is 1. The molecule has 0 fully saturated rings. The summed E-state index contributed by atoms with van der Waals surface area (Å²) < 4.78 is 10.6. The predicted octanol–water partition coefficient (Wildman–Crippen LogP) is 2.74. The van der Waals surface area contributed by atoms with Crippen LogP contribution >= 0.6 is 0 Å². The Kier molecular flexibility index (Phi) is 5.72. The van der Waals surface area contributed by atoms with Crippen molar-refractivity contribution in [2.45, 2.75) is 13.8 Å². The molecule has 118 valence electrons. The van der Waals surface area contributed by atoms with Crippen molar-refractivity contribution in [1.29, 1.82) is 0 Å². The number of nitrogens with zero attached hydrogens (tertiary/aromatic N) is 2. The maximum atomic E-state index is 12.3. The molecular weight excluding hydrogens is 280 g/mol. The van der Waals surface area contributed by atoms with Gasteiger partial charge in [-0.1, -0.05) is 13.8 Å². The number of aromatic nitrogens is 1. The maximum Gasteiger partial charge on any atom is 0.338 e. The first-order valence-corrected chi connectivity index (χ1v) is 7.51. The monoisotopic (exact) mass is 302 g/mol. The SMILES string of the molecule is CCN(CC)CCOC(=O)c1ccnc2ccc(OC)cc12. The fourth-order valence-electron chi connectivity index (χ4n) is 2.32. The van der Waals surface area contributed by atoms with E-state index in [1.54, 1.807) is 19.4 Å². The summed E-state index contributed by atoms with van der Waals surface area (Å²) in [6, 6.07) is 7.15. The second-order valence-electron chi connectivity index (χ2n) is 4.90. The number of pyridine rings is 1. The van der Waals surface area contributed by atoms with Gasteiger partial charge in [0.05, 0.1) is 18.2 Å². The highest BCUT2D eigenvalue weighted by atomic mass is 16.5. The minimum absolute atomic E-state index is 0.326. The van der Waals surface area contributed by atoms with E-state index >= 15 is 0 Å². The number of likely N-dealkylation sites (N-methyl/N-ethyl adjacent to an activating group) is 1.